The number of carbonyl (C=O) groups excluding carboxylic acids is 1. The van der Waals surface area contributed by atoms with Crippen LogP contribution < -0.4 is 11.1 Å². The number of para-hydroxylation sites is 1. The van der Waals surface area contributed by atoms with E-state index in [2.05, 4.69) is 5.10 Å². The van der Waals surface area contributed by atoms with Crippen LogP contribution in [0, 0.1) is 6.92 Å². The summed E-state index contributed by atoms with van der Waals surface area (Å²) in [6.07, 6.45) is -4.22. The quantitative estimate of drug-likeness (QED) is 0.803. The van der Waals surface area contributed by atoms with Crippen molar-refractivity contribution in [3.8, 4) is 5.69 Å². The number of hydrogen-bond donors (Lipinski definition) is 2. The second kappa shape index (κ2) is 6.79. The lowest BCUT2D eigenvalue weighted by molar-refractivity contribution is -0.143. The van der Waals surface area contributed by atoms with E-state index in [0.29, 0.717) is 16.4 Å². The number of aromatic nitrogens is 2. The van der Waals surface area contributed by atoms with Crippen LogP contribution in [-0.4, -0.2) is 34.7 Å². The van der Waals surface area contributed by atoms with Crippen molar-refractivity contribution in [2.24, 2.45) is 5.73 Å². The molecule has 1 aromatic carbocycles. The molecule has 136 valence electrons. The monoisotopic (exact) mass is 362 g/mol. The van der Waals surface area contributed by atoms with E-state index in [1.54, 1.807) is 24.4 Å². The van der Waals surface area contributed by atoms with Crippen molar-refractivity contribution in [1.82, 2.24) is 15.1 Å². The number of nitrogens with two attached hydrogens (primary N) is 1. The molecule has 10 heteroatoms. The zero-order valence-electron chi connectivity index (χ0n) is 13.1. The summed E-state index contributed by atoms with van der Waals surface area (Å²) in [4.78, 5) is 12.0. The van der Waals surface area contributed by atoms with Gasteiger partial charge in [-0.15, -0.1) is 0 Å². The molecule has 0 spiro atoms. The Balaban J connectivity index is 2.44. The largest absolute Gasteiger partial charge is 0.434 e. The molecule has 0 radical (unpaired) electrons. The van der Waals surface area contributed by atoms with Gasteiger partial charge in [0.25, 0.3) is 11.8 Å². The molecule has 2 aromatic rings. The van der Waals surface area contributed by atoms with Gasteiger partial charge in [0.1, 0.15) is 0 Å². The molecule has 0 aliphatic heterocycles. The van der Waals surface area contributed by atoms with Gasteiger partial charge >= 0.3 is 6.18 Å². The van der Waals surface area contributed by atoms with Crippen LogP contribution in [-0.2, 0) is 6.18 Å². The van der Waals surface area contributed by atoms with Gasteiger partial charge in [0.2, 0.25) is 0 Å². The Kier molecular flexibility index (Phi) is 5.12. The Morgan fingerprint density at radius 2 is 1.88 bits per heavy atom. The van der Waals surface area contributed by atoms with Gasteiger partial charge in [-0.1, -0.05) is 18.2 Å². The zero-order valence-corrected chi connectivity index (χ0v) is 13.1. The zero-order chi connectivity index (χ0) is 18.8. The van der Waals surface area contributed by atoms with Crippen LogP contribution >= 0.6 is 0 Å². The van der Waals surface area contributed by atoms with Crippen LogP contribution in [0.15, 0.2) is 30.5 Å². The number of hydrogen-bond acceptors (Lipinski definition) is 3. The highest BCUT2D eigenvalue weighted by molar-refractivity contribution is 5.95. The number of rotatable bonds is 5. The number of nitrogens with zero attached hydrogens (tertiary/aromatic N) is 2. The fourth-order valence-electron chi connectivity index (χ4n) is 2.15. The maximum absolute atomic E-state index is 13.5. The van der Waals surface area contributed by atoms with E-state index in [1.165, 1.54) is 12.1 Å². The fourth-order valence-corrected chi connectivity index (χ4v) is 2.15. The highest BCUT2D eigenvalue weighted by atomic mass is 19.4. The maximum Gasteiger partial charge on any atom is 0.434 e. The number of carbonyl (C=O) groups is 1. The van der Waals surface area contributed by atoms with Crippen molar-refractivity contribution >= 4 is 5.91 Å². The lowest BCUT2D eigenvalue weighted by atomic mass is 10.1. The highest BCUT2D eigenvalue weighted by Gasteiger charge is 2.41. The van der Waals surface area contributed by atoms with Crippen molar-refractivity contribution in [3.05, 3.63) is 47.3 Å². The minimum Gasteiger partial charge on any atom is -0.346 e. The number of nitrogens with one attached hydrogen (secondary N) is 1. The average Bonchev–Trinajstić information content (AvgIpc) is 2.98. The summed E-state index contributed by atoms with van der Waals surface area (Å²) >= 11 is 0. The van der Waals surface area contributed by atoms with Gasteiger partial charge in [0.05, 0.1) is 30.5 Å². The Morgan fingerprint density at radius 1 is 1.24 bits per heavy atom. The first-order chi connectivity index (χ1) is 11.6. The van der Waals surface area contributed by atoms with Crippen molar-refractivity contribution in [2.75, 3.05) is 13.1 Å². The van der Waals surface area contributed by atoms with E-state index in [9.17, 15) is 26.7 Å². The molecule has 0 atom stereocenters. The Hall–Kier alpha value is -2.49. The molecule has 0 saturated heterocycles. The highest BCUT2D eigenvalue weighted by Crippen LogP contribution is 2.34. The van der Waals surface area contributed by atoms with Gasteiger partial charge in [-0.2, -0.15) is 18.3 Å². The third kappa shape index (κ3) is 4.13. The van der Waals surface area contributed by atoms with Gasteiger partial charge in [0, 0.05) is 0 Å². The number of aryl methyl sites for hydroxylation is 1. The number of benzene rings is 1. The SMILES string of the molecule is Cc1ccccc1-n1ncc(C(=O)NCC(F)(F)CN)c1C(F)(F)F. The molecule has 1 amide bonds. The Bertz CT molecular complexity index is 770. The third-order valence-electron chi connectivity index (χ3n) is 3.43. The van der Waals surface area contributed by atoms with Crippen molar-refractivity contribution < 1.29 is 26.7 Å². The number of amides is 1. The number of alkyl halides is 5. The smallest absolute Gasteiger partial charge is 0.346 e. The van der Waals surface area contributed by atoms with E-state index in [0.717, 1.165) is 0 Å². The standard InChI is InChI=1S/C15H15F5N4O/c1-9-4-2-3-5-11(9)24-12(15(18,19)20)10(6-23-24)13(25)22-8-14(16,17)7-21/h2-6H,7-8,21H2,1H3,(H,22,25). The average molecular weight is 362 g/mol. The molecular formula is C15H15F5N4O. The summed E-state index contributed by atoms with van der Waals surface area (Å²) in [6.45, 7) is -0.629. The Labute approximate surface area is 139 Å². The molecule has 0 saturated carbocycles. The van der Waals surface area contributed by atoms with Gasteiger partial charge in [-0.05, 0) is 18.6 Å². The summed E-state index contributed by atoms with van der Waals surface area (Å²) in [5.74, 6) is -4.72. The molecule has 0 aliphatic rings. The first-order valence-electron chi connectivity index (χ1n) is 7.14. The van der Waals surface area contributed by atoms with Crippen molar-refractivity contribution in [1.29, 1.82) is 0 Å². The van der Waals surface area contributed by atoms with E-state index in [-0.39, 0.29) is 5.69 Å². The molecule has 1 heterocycles. The summed E-state index contributed by atoms with van der Waals surface area (Å²) < 4.78 is 67.1. The van der Waals surface area contributed by atoms with E-state index >= 15 is 0 Å². The number of halogens is 5. The summed E-state index contributed by atoms with van der Waals surface area (Å²) in [5.41, 5.74) is 3.27. The minimum absolute atomic E-state index is 0.126. The van der Waals surface area contributed by atoms with Crippen molar-refractivity contribution in [3.63, 3.8) is 0 Å². The van der Waals surface area contributed by atoms with Crippen LogP contribution in [0.1, 0.15) is 21.6 Å². The predicted molar refractivity (Wildman–Crippen MR) is 79.6 cm³/mol. The molecule has 5 nitrogen and oxygen atoms in total. The molecule has 0 unspecified atom stereocenters. The molecule has 0 bridgehead atoms. The molecule has 3 N–H and O–H groups in total. The normalized spacial score (nSPS) is 12.3. The first kappa shape index (κ1) is 18.8. The fraction of sp³-hybridized carbons (Fsp3) is 0.333. The summed E-state index contributed by atoms with van der Waals surface area (Å²) in [6, 6.07) is 6.14. The van der Waals surface area contributed by atoms with E-state index in [4.69, 9.17) is 5.73 Å². The van der Waals surface area contributed by atoms with E-state index < -0.39 is 42.4 Å². The van der Waals surface area contributed by atoms with Crippen LogP contribution in [0.25, 0.3) is 5.69 Å². The maximum atomic E-state index is 13.5. The van der Waals surface area contributed by atoms with Crippen LogP contribution in [0.5, 0.6) is 0 Å². The lowest BCUT2D eigenvalue weighted by Crippen LogP contribution is -2.41. The molecule has 0 aliphatic carbocycles. The second-order valence-electron chi connectivity index (χ2n) is 5.35. The van der Waals surface area contributed by atoms with E-state index in [1.807, 2.05) is 0 Å². The molecule has 25 heavy (non-hydrogen) atoms. The second-order valence-corrected chi connectivity index (χ2v) is 5.35. The van der Waals surface area contributed by atoms with Gasteiger partial charge < -0.3 is 11.1 Å². The molecule has 1 aromatic heterocycles. The lowest BCUT2D eigenvalue weighted by Gasteiger charge is -2.16. The third-order valence-corrected chi connectivity index (χ3v) is 3.43. The van der Waals surface area contributed by atoms with Crippen molar-refractivity contribution in [2.45, 2.75) is 19.0 Å². The van der Waals surface area contributed by atoms with Gasteiger partial charge in [-0.3, -0.25) is 4.79 Å². The molecular weight excluding hydrogens is 347 g/mol. The predicted octanol–water partition coefficient (Wildman–Crippen LogP) is 2.52. The van der Waals surface area contributed by atoms with Gasteiger partial charge in [-0.25, -0.2) is 13.5 Å². The summed E-state index contributed by atoms with van der Waals surface area (Å²) in [5, 5.41) is 5.38. The topological polar surface area (TPSA) is 72.9 Å². The minimum atomic E-state index is -4.91. The Morgan fingerprint density at radius 3 is 2.44 bits per heavy atom. The summed E-state index contributed by atoms with van der Waals surface area (Å²) in [7, 11) is 0. The van der Waals surface area contributed by atoms with Gasteiger partial charge in [0.15, 0.2) is 5.69 Å². The van der Waals surface area contributed by atoms with Crippen LogP contribution in [0.2, 0.25) is 0 Å². The molecule has 2 rings (SSSR count). The van der Waals surface area contributed by atoms with Crippen LogP contribution in [0.4, 0.5) is 22.0 Å². The first-order valence-corrected chi connectivity index (χ1v) is 7.14. The molecule has 0 fully saturated rings. The van der Waals surface area contributed by atoms with Crippen LogP contribution in [0.3, 0.4) is 0 Å².